The molecule has 3 aromatic carbocycles. The van der Waals surface area contributed by atoms with E-state index in [0.29, 0.717) is 29.2 Å². The van der Waals surface area contributed by atoms with Crippen molar-refractivity contribution in [2.75, 3.05) is 7.11 Å². The number of amides is 1. The summed E-state index contributed by atoms with van der Waals surface area (Å²) in [6, 6.07) is 23.8. The molecule has 29 heavy (non-hydrogen) atoms. The highest BCUT2D eigenvalue weighted by Gasteiger charge is 2.16. The van der Waals surface area contributed by atoms with Gasteiger partial charge in [0, 0.05) is 0 Å². The van der Waals surface area contributed by atoms with Crippen LogP contribution in [0.4, 0.5) is 0 Å². The molecule has 0 heterocycles. The molecule has 1 amide bonds. The smallest absolute Gasteiger partial charge is 0.273 e. The SMILES string of the molecule is COc1cc(/C=N\NC(=O)[C@H](O)c2ccccc2)ccc1OCc1ccccc1. The molecule has 0 unspecified atom stereocenters. The standard InChI is InChI=1S/C23H22N2O4/c1-28-21-14-18(12-13-20(21)29-16-17-8-4-2-5-9-17)15-24-25-23(27)22(26)19-10-6-3-7-11-19/h2-15,22,26H,16H2,1H3,(H,25,27)/b24-15-/t22-/m1/s1. The Hall–Kier alpha value is -3.64. The second-order valence-corrected chi connectivity index (χ2v) is 6.23. The van der Waals surface area contributed by atoms with Gasteiger partial charge in [0.05, 0.1) is 13.3 Å². The first-order chi connectivity index (χ1) is 14.2. The Morgan fingerprint density at radius 1 is 1.03 bits per heavy atom. The highest BCUT2D eigenvalue weighted by molar-refractivity contribution is 5.85. The number of aliphatic hydroxyl groups excluding tert-OH is 1. The van der Waals surface area contributed by atoms with Crippen LogP contribution in [0.2, 0.25) is 0 Å². The van der Waals surface area contributed by atoms with Crippen LogP contribution in [0.25, 0.3) is 0 Å². The molecule has 2 N–H and O–H groups in total. The highest BCUT2D eigenvalue weighted by atomic mass is 16.5. The molecule has 0 spiro atoms. The van der Waals surface area contributed by atoms with E-state index in [2.05, 4.69) is 10.5 Å². The number of methoxy groups -OCH3 is 1. The zero-order chi connectivity index (χ0) is 20.5. The van der Waals surface area contributed by atoms with Crippen LogP contribution in [-0.4, -0.2) is 24.3 Å². The van der Waals surface area contributed by atoms with Gasteiger partial charge in [0.2, 0.25) is 0 Å². The van der Waals surface area contributed by atoms with Gasteiger partial charge in [-0.15, -0.1) is 0 Å². The largest absolute Gasteiger partial charge is 0.493 e. The third-order valence-electron chi connectivity index (χ3n) is 4.18. The third kappa shape index (κ3) is 5.67. The minimum absolute atomic E-state index is 0.429. The molecule has 0 aliphatic carbocycles. The number of rotatable bonds is 8. The van der Waals surface area contributed by atoms with Crippen LogP contribution in [0.15, 0.2) is 84.0 Å². The highest BCUT2D eigenvalue weighted by Crippen LogP contribution is 2.28. The lowest BCUT2D eigenvalue weighted by molar-refractivity contribution is -0.129. The molecule has 6 nitrogen and oxygen atoms in total. The van der Waals surface area contributed by atoms with Gasteiger partial charge < -0.3 is 14.6 Å². The fraction of sp³-hybridized carbons (Fsp3) is 0.130. The fourth-order valence-electron chi connectivity index (χ4n) is 2.64. The van der Waals surface area contributed by atoms with Crippen LogP contribution in [0, 0.1) is 0 Å². The minimum atomic E-state index is -1.28. The Kier molecular flexibility index (Phi) is 6.97. The second-order valence-electron chi connectivity index (χ2n) is 6.23. The number of nitrogens with zero attached hydrogens (tertiary/aromatic N) is 1. The quantitative estimate of drug-likeness (QED) is 0.456. The lowest BCUT2D eigenvalue weighted by Crippen LogP contribution is -2.25. The van der Waals surface area contributed by atoms with E-state index < -0.39 is 12.0 Å². The number of carbonyl (C=O) groups is 1. The Labute approximate surface area is 169 Å². The Balaban J connectivity index is 1.60. The number of nitrogens with one attached hydrogen (secondary N) is 1. The van der Waals surface area contributed by atoms with Gasteiger partial charge in [-0.25, -0.2) is 5.43 Å². The summed E-state index contributed by atoms with van der Waals surface area (Å²) in [6.45, 7) is 0.429. The summed E-state index contributed by atoms with van der Waals surface area (Å²) < 4.78 is 11.2. The predicted octanol–water partition coefficient (Wildman–Crippen LogP) is 3.46. The average molecular weight is 390 g/mol. The summed E-state index contributed by atoms with van der Waals surface area (Å²) in [6.07, 6.45) is 0.190. The molecule has 0 aliphatic rings. The maximum atomic E-state index is 12.0. The first-order valence-electron chi connectivity index (χ1n) is 9.08. The summed E-state index contributed by atoms with van der Waals surface area (Å²) in [5, 5.41) is 13.9. The van der Waals surface area contributed by atoms with Crippen LogP contribution in [0.3, 0.4) is 0 Å². The predicted molar refractivity (Wildman–Crippen MR) is 111 cm³/mol. The number of carbonyl (C=O) groups excluding carboxylic acids is 1. The van der Waals surface area contributed by atoms with Crippen LogP contribution in [0.5, 0.6) is 11.5 Å². The Bertz CT molecular complexity index is 959. The van der Waals surface area contributed by atoms with E-state index in [1.807, 2.05) is 36.4 Å². The van der Waals surface area contributed by atoms with Crippen molar-refractivity contribution in [3.8, 4) is 11.5 Å². The normalized spacial score (nSPS) is 11.8. The van der Waals surface area contributed by atoms with Crippen molar-refractivity contribution in [1.29, 1.82) is 0 Å². The maximum Gasteiger partial charge on any atom is 0.273 e. The summed E-state index contributed by atoms with van der Waals surface area (Å²) in [5.74, 6) is 0.555. The molecule has 0 saturated heterocycles. The van der Waals surface area contributed by atoms with Crippen molar-refractivity contribution in [1.82, 2.24) is 5.43 Å². The summed E-state index contributed by atoms with van der Waals surface area (Å²) in [4.78, 5) is 12.0. The van der Waals surface area contributed by atoms with Gasteiger partial charge >= 0.3 is 0 Å². The molecular formula is C23H22N2O4. The lowest BCUT2D eigenvalue weighted by atomic mass is 10.1. The molecule has 0 aromatic heterocycles. The van der Waals surface area contributed by atoms with E-state index >= 15 is 0 Å². The number of aliphatic hydroxyl groups is 1. The first kappa shape index (κ1) is 20.1. The van der Waals surface area contributed by atoms with E-state index in [1.165, 1.54) is 6.21 Å². The van der Waals surface area contributed by atoms with Gasteiger partial charge in [0.15, 0.2) is 17.6 Å². The van der Waals surface area contributed by atoms with E-state index in [-0.39, 0.29) is 0 Å². The van der Waals surface area contributed by atoms with Crippen LogP contribution in [-0.2, 0) is 11.4 Å². The van der Waals surface area contributed by atoms with Gasteiger partial charge in [-0.1, -0.05) is 60.7 Å². The van der Waals surface area contributed by atoms with Crippen molar-refractivity contribution >= 4 is 12.1 Å². The van der Waals surface area contributed by atoms with Gasteiger partial charge in [-0.05, 0) is 34.9 Å². The first-order valence-corrected chi connectivity index (χ1v) is 9.08. The minimum Gasteiger partial charge on any atom is -0.493 e. The molecular weight excluding hydrogens is 368 g/mol. The zero-order valence-electron chi connectivity index (χ0n) is 16.0. The van der Waals surface area contributed by atoms with Crippen molar-refractivity contribution in [3.05, 3.63) is 95.6 Å². The number of ether oxygens (including phenoxy) is 2. The van der Waals surface area contributed by atoms with Crippen molar-refractivity contribution in [3.63, 3.8) is 0 Å². The van der Waals surface area contributed by atoms with Gasteiger partial charge in [-0.2, -0.15) is 5.10 Å². The zero-order valence-corrected chi connectivity index (χ0v) is 16.0. The molecule has 0 fully saturated rings. The number of hydrogen-bond acceptors (Lipinski definition) is 5. The van der Waals surface area contributed by atoms with Gasteiger partial charge in [-0.3, -0.25) is 4.79 Å². The Morgan fingerprint density at radius 3 is 2.41 bits per heavy atom. The van der Waals surface area contributed by atoms with E-state index in [0.717, 1.165) is 5.56 Å². The van der Waals surface area contributed by atoms with Gasteiger partial charge in [0.25, 0.3) is 5.91 Å². The molecule has 0 radical (unpaired) electrons. The van der Waals surface area contributed by atoms with Crippen molar-refractivity contribution in [2.24, 2.45) is 5.10 Å². The van der Waals surface area contributed by atoms with Crippen molar-refractivity contribution in [2.45, 2.75) is 12.7 Å². The summed E-state index contributed by atoms with van der Waals surface area (Å²) >= 11 is 0. The molecule has 3 aromatic rings. The fourth-order valence-corrected chi connectivity index (χ4v) is 2.64. The van der Waals surface area contributed by atoms with E-state index in [9.17, 15) is 9.90 Å². The lowest BCUT2D eigenvalue weighted by Gasteiger charge is -2.11. The van der Waals surface area contributed by atoms with Crippen molar-refractivity contribution < 1.29 is 19.4 Å². The van der Waals surface area contributed by atoms with Crippen LogP contribution in [0.1, 0.15) is 22.8 Å². The Morgan fingerprint density at radius 2 is 1.72 bits per heavy atom. The van der Waals surface area contributed by atoms with Gasteiger partial charge in [0.1, 0.15) is 6.61 Å². The molecule has 0 bridgehead atoms. The molecule has 6 heteroatoms. The molecule has 1 atom stereocenters. The molecule has 0 aliphatic heterocycles. The summed E-state index contributed by atoms with van der Waals surface area (Å²) in [5.41, 5.74) is 4.61. The number of hydrazone groups is 1. The maximum absolute atomic E-state index is 12.0. The third-order valence-corrected chi connectivity index (χ3v) is 4.18. The topological polar surface area (TPSA) is 80.2 Å². The van der Waals surface area contributed by atoms with E-state index in [4.69, 9.17) is 9.47 Å². The van der Waals surface area contributed by atoms with Crippen LogP contribution >= 0.6 is 0 Å². The average Bonchev–Trinajstić information content (AvgIpc) is 2.78. The van der Waals surface area contributed by atoms with E-state index in [1.54, 1.807) is 49.6 Å². The summed E-state index contributed by atoms with van der Waals surface area (Å²) in [7, 11) is 1.56. The molecule has 0 saturated carbocycles. The number of benzene rings is 3. The monoisotopic (exact) mass is 390 g/mol. The second kappa shape index (κ2) is 10.1. The molecule has 148 valence electrons. The van der Waals surface area contributed by atoms with Crippen LogP contribution < -0.4 is 14.9 Å². The molecule has 3 rings (SSSR count). The number of hydrogen-bond donors (Lipinski definition) is 2.